The number of nitrogens with one attached hydrogen (secondary N) is 2. The Morgan fingerprint density at radius 1 is 0.970 bits per heavy atom. The summed E-state index contributed by atoms with van der Waals surface area (Å²) in [6, 6.07) is 5.68. The van der Waals surface area contributed by atoms with Crippen LogP contribution in [0.5, 0.6) is 5.75 Å². The maximum absolute atomic E-state index is 12.9. The number of hydrogen-bond acceptors (Lipinski definition) is 6. The topological polar surface area (TPSA) is 97.0 Å². The Bertz CT molecular complexity index is 935. The summed E-state index contributed by atoms with van der Waals surface area (Å²) in [5.41, 5.74) is 1.48. The van der Waals surface area contributed by atoms with Crippen LogP contribution in [0.1, 0.15) is 73.7 Å². The van der Waals surface area contributed by atoms with Gasteiger partial charge in [-0.3, -0.25) is 19.7 Å². The van der Waals surface area contributed by atoms with Crippen LogP contribution in [0.3, 0.4) is 0 Å². The van der Waals surface area contributed by atoms with Crippen LogP contribution >= 0.6 is 0 Å². The molecule has 2 heterocycles. The molecule has 0 bridgehead atoms. The van der Waals surface area contributed by atoms with Crippen LogP contribution in [-0.4, -0.2) is 60.1 Å². The van der Waals surface area contributed by atoms with Gasteiger partial charge >= 0.3 is 0 Å². The zero-order chi connectivity index (χ0) is 22.9. The SMILES string of the molecule is CO[C@H]1CCC[C@@H]1NC1CCCCC1Oc1ccc2c(c1)CN(C1CCC(=O)NC1=O)C2=O. The molecule has 3 fully saturated rings. The second-order valence-electron chi connectivity index (χ2n) is 9.74. The van der Waals surface area contributed by atoms with Crippen molar-refractivity contribution in [1.82, 2.24) is 15.5 Å². The van der Waals surface area contributed by atoms with E-state index in [9.17, 15) is 14.4 Å². The molecule has 1 saturated heterocycles. The van der Waals surface area contributed by atoms with Crippen molar-refractivity contribution in [2.75, 3.05) is 7.11 Å². The third kappa shape index (κ3) is 4.51. The lowest BCUT2D eigenvalue weighted by Crippen LogP contribution is -2.52. The van der Waals surface area contributed by atoms with Gasteiger partial charge in [0.1, 0.15) is 17.9 Å². The fraction of sp³-hybridized carbons (Fsp3) is 0.640. The van der Waals surface area contributed by atoms with E-state index in [0.29, 0.717) is 24.6 Å². The predicted molar refractivity (Wildman–Crippen MR) is 121 cm³/mol. The molecule has 3 amide bonds. The fourth-order valence-corrected chi connectivity index (χ4v) is 5.90. The Kier molecular flexibility index (Phi) is 6.38. The average molecular weight is 456 g/mol. The second kappa shape index (κ2) is 9.43. The zero-order valence-electron chi connectivity index (χ0n) is 19.2. The molecule has 2 aliphatic carbocycles. The Morgan fingerprint density at radius 3 is 2.55 bits per heavy atom. The van der Waals surface area contributed by atoms with Crippen LogP contribution in [0.15, 0.2) is 18.2 Å². The fourth-order valence-electron chi connectivity index (χ4n) is 5.90. The van der Waals surface area contributed by atoms with E-state index in [0.717, 1.165) is 43.4 Å². The molecule has 1 aromatic carbocycles. The standard InChI is InChI=1S/C25H33N3O5/c1-32-21-8-4-6-18(21)26-19-5-2-3-7-22(19)33-16-9-10-17-15(13-16)14-28(25(17)31)20-11-12-23(29)27-24(20)30/h9-10,13,18-22,26H,2-8,11-12,14H2,1H3,(H,27,29,30)/t18-,19?,20?,21-,22?/m0/s1. The van der Waals surface area contributed by atoms with Gasteiger partial charge in [-0.05, 0) is 68.7 Å². The van der Waals surface area contributed by atoms with Crippen LogP contribution < -0.4 is 15.4 Å². The summed E-state index contributed by atoms with van der Waals surface area (Å²) < 4.78 is 12.1. The Labute approximate surface area is 194 Å². The van der Waals surface area contributed by atoms with Crippen LogP contribution in [-0.2, 0) is 20.9 Å². The van der Waals surface area contributed by atoms with E-state index < -0.39 is 6.04 Å². The summed E-state index contributed by atoms with van der Waals surface area (Å²) in [4.78, 5) is 38.3. The largest absolute Gasteiger partial charge is 0.489 e. The third-order valence-electron chi connectivity index (χ3n) is 7.67. The van der Waals surface area contributed by atoms with Crippen molar-refractivity contribution in [2.24, 2.45) is 0 Å². The number of imide groups is 1. The first-order valence-corrected chi connectivity index (χ1v) is 12.3. The van der Waals surface area contributed by atoms with Crippen LogP contribution in [0, 0.1) is 0 Å². The van der Waals surface area contributed by atoms with E-state index in [2.05, 4.69) is 10.6 Å². The quantitative estimate of drug-likeness (QED) is 0.639. The normalized spacial score (nSPS) is 32.1. The smallest absolute Gasteiger partial charge is 0.255 e. The summed E-state index contributed by atoms with van der Waals surface area (Å²) in [5.74, 6) is -0.0578. The number of amides is 3. The first-order chi connectivity index (χ1) is 16.0. The average Bonchev–Trinajstić information content (AvgIpc) is 3.39. The number of nitrogens with zero attached hydrogens (tertiary/aromatic N) is 1. The number of benzene rings is 1. The van der Waals surface area contributed by atoms with Gasteiger partial charge in [-0.25, -0.2) is 0 Å². The van der Waals surface area contributed by atoms with Gasteiger partial charge < -0.3 is 19.7 Å². The molecule has 1 aromatic rings. The van der Waals surface area contributed by atoms with Crippen LogP contribution in [0.25, 0.3) is 0 Å². The highest BCUT2D eigenvalue weighted by Crippen LogP contribution is 2.32. The molecule has 0 aromatic heterocycles. The number of carbonyl (C=O) groups is 3. The molecule has 5 atom stereocenters. The predicted octanol–water partition coefficient (Wildman–Crippen LogP) is 2.29. The molecule has 0 spiro atoms. The first kappa shape index (κ1) is 22.3. The molecular formula is C25H33N3O5. The van der Waals surface area contributed by atoms with Crippen molar-refractivity contribution in [3.05, 3.63) is 29.3 Å². The van der Waals surface area contributed by atoms with Crippen molar-refractivity contribution >= 4 is 17.7 Å². The molecule has 0 radical (unpaired) electrons. The number of hydrogen-bond donors (Lipinski definition) is 2. The molecule has 5 rings (SSSR count). The van der Waals surface area contributed by atoms with E-state index in [-0.39, 0.29) is 42.4 Å². The molecule has 2 saturated carbocycles. The lowest BCUT2D eigenvalue weighted by molar-refractivity contribution is -0.136. The second-order valence-corrected chi connectivity index (χ2v) is 9.74. The highest BCUT2D eigenvalue weighted by Gasteiger charge is 2.39. The van der Waals surface area contributed by atoms with Crippen molar-refractivity contribution in [2.45, 2.75) is 94.7 Å². The van der Waals surface area contributed by atoms with E-state index in [1.54, 1.807) is 12.0 Å². The van der Waals surface area contributed by atoms with Gasteiger partial charge in [0.25, 0.3) is 5.91 Å². The summed E-state index contributed by atoms with van der Waals surface area (Å²) in [7, 11) is 1.80. The van der Waals surface area contributed by atoms with Gasteiger partial charge in [0.2, 0.25) is 11.8 Å². The lowest BCUT2D eigenvalue weighted by atomic mass is 9.91. The van der Waals surface area contributed by atoms with E-state index in [1.165, 1.54) is 12.8 Å². The minimum atomic E-state index is -0.598. The number of piperidine rings is 1. The summed E-state index contributed by atoms with van der Waals surface area (Å²) in [6.07, 6.45) is 8.85. The summed E-state index contributed by atoms with van der Waals surface area (Å²) in [6.45, 7) is 0.363. The highest BCUT2D eigenvalue weighted by atomic mass is 16.5. The number of rotatable bonds is 6. The van der Waals surface area contributed by atoms with Gasteiger partial charge in [0.05, 0.1) is 6.10 Å². The molecule has 178 valence electrons. The molecule has 8 heteroatoms. The summed E-state index contributed by atoms with van der Waals surface area (Å²) >= 11 is 0. The third-order valence-corrected chi connectivity index (χ3v) is 7.67. The Morgan fingerprint density at radius 2 is 1.73 bits per heavy atom. The van der Waals surface area contributed by atoms with E-state index in [4.69, 9.17) is 9.47 Å². The molecule has 3 unspecified atom stereocenters. The molecule has 33 heavy (non-hydrogen) atoms. The molecule has 2 aliphatic heterocycles. The maximum atomic E-state index is 12.9. The van der Waals surface area contributed by atoms with Crippen molar-refractivity contribution in [1.29, 1.82) is 0 Å². The minimum Gasteiger partial charge on any atom is -0.489 e. The van der Waals surface area contributed by atoms with Crippen LogP contribution in [0.2, 0.25) is 0 Å². The van der Waals surface area contributed by atoms with Crippen molar-refractivity contribution < 1.29 is 23.9 Å². The number of carbonyl (C=O) groups excluding carboxylic acids is 3. The van der Waals surface area contributed by atoms with E-state index in [1.807, 2.05) is 18.2 Å². The number of ether oxygens (including phenoxy) is 2. The van der Waals surface area contributed by atoms with E-state index >= 15 is 0 Å². The monoisotopic (exact) mass is 455 g/mol. The van der Waals surface area contributed by atoms with Gasteiger partial charge in [-0.2, -0.15) is 0 Å². The summed E-state index contributed by atoms with van der Waals surface area (Å²) in [5, 5.41) is 6.17. The van der Waals surface area contributed by atoms with Crippen LogP contribution in [0.4, 0.5) is 0 Å². The van der Waals surface area contributed by atoms with Gasteiger partial charge in [0.15, 0.2) is 0 Å². The minimum absolute atomic E-state index is 0.0817. The first-order valence-electron chi connectivity index (χ1n) is 12.3. The van der Waals surface area contributed by atoms with Gasteiger partial charge in [-0.1, -0.05) is 6.42 Å². The zero-order valence-corrected chi connectivity index (χ0v) is 19.2. The maximum Gasteiger partial charge on any atom is 0.255 e. The Hall–Kier alpha value is -2.45. The van der Waals surface area contributed by atoms with Crippen molar-refractivity contribution in [3.8, 4) is 5.75 Å². The Balaban J connectivity index is 1.26. The molecule has 8 nitrogen and oxygen atoms in total. The highest BCUT2D eigenvalue weighted by molar-refractivity contribution is 6.05. The van der Waals surface area contributed by atoms with Gasteiger partial charge in [-0.15, -0.1) is 0 Å². The molecule has 4 aliphatic rings. The van der Waals surface area contributed by atoms with Gasteiger partial charge in [0, 0.05) is 37.7 Å². The number of fused-ring (bicyclic) bond motifs is 1. The van der Waals surface area contributed by atoms with Crippen molar-refractivity contribution in [3.63, 3.8) is 0 Å². The molecular weight excluding hydrogens is 422 g/mol. The lowest BCUT2D eigenvalue weighted by Gasteiger charge is -2.35. The number of methoxy groups -OCH3 is 1. The molecule has 2 N–H and O–H groups in total.